The molecule has 6 heteroatoms. The topological polar surface area (TPSA) is 72.9 Å². The van der Waals surface area contributed by atoms with Crippen molar-refractivity contribution in [2.75, 3.05) is 32.7 Å². The average Bonchev–Trinajstić information content (AvgIpc) is 2.42. The van der Waals surface area contributed by atoms with E-state index in [1.165, 1.54) is 0 Å². The molecule has 0 spiro atoms. The summed E-state index contributed by atoms with van der Waals surface area (Å²) in [5.41, 5.74) is 0.170. The van der Waals surface area contributed by atoms with Crippen LogP contribution in [0.3, 0.4) is 0 Å². The smallest absolute Gasteiger partial charge is 0.320 e. The maximum Gasteiger partial charge on any atom is 0.320 e. The number of nitrogens with one attached hydrogen (secondary N) is 1. The Morgan fingerprint density at radius 3 is 2.10 bits per heavy atom. The third-order valence-electron chi connectivity index (χ3n) is 4.54. The maximum absolute atomic E-state index is 12.1. The molecule has 1 rings (SSSR count). The Labute approximate surface area is 127 Å². The van der Waals surface area contributed by atoms with E-state index in [1.807, 2.05) is 4.90 Å². The third-order valence-corrected chi connectivity index (χ3v) is 4.54. The highest BCUT2D eigenvalue weighted by Crippen LogP contribution is 2.24. The van der Waals surface area contributed by atoms with E-state index in [9.17, 15) is 9.59 Å². The third kappa shape index (κ3) is 5.19. The molecule has 0 aromatic rings. The molecule has 2 amide bonds. The Morgan fingerprint density at radius 2 is 1.67 bits per heavy atom. The number of carbonyl (C=O) groups excluding carboxylic acids is 1. The summed E-state index contributed by atoms with van der Waals surface area (Å²) in [6, 6.07) is -0.537. The van der Waals surface area contributed by atoms with Crippen molar-refractivity contribution in [3.63, 3.8) is 0 Å². The highest BCUT2D eigenvalue weighted by Gasteiger charge is 2.27. The molecule has 21 heavy (non-hydrogen) atoms. The molecule has 2 atom stereocenters. The highest BCUT2D eigenvalue weighted by molar-refractivity contribution is 5.75. The number of hydrogen-bond acceptors (Lipinski definition) is 3. The molecule has 1 fully saturated rings. The van der Waals surface area contributed by atoms with E-state index in [2.05, 4.69) is 33.0 Å². The first-order valence-corrected chi connectivity index (χ1v) is 7.62. The van der Waals surface area contributed by atoms with Gasteiger partial charge in [-0.15, -0.1) is 0 Å². The lowest BCUT2D eigenvalue weighted by atomic mass is 9.82. The van der Waals surface area contributed by atoms with Crippen LogP contribution in [0.25, 0.3) is 0 Å². The Kier molecular flexibility index (Phi) is 6.01. The molecule has 1 aliphatic rings. The quantitative estimate of drug-likeness (QED) is 0.824. The Hall–Kier alpha value is -1.30. The van der Waals surface area contributed by atoms with Crippen LogP contribution in [-0.4, -0.2) is 65.7 Å². The summed E-state index contributed by atoms with van der Waals surface area (Å²) in [6.07, 6.45) is 0. The summed E-state index contributed by atoms with van der Waals surface area (Å²) in [5, 5.41) is 12.0. The Balaban J connectivity index is 2.37. The van der Waals surface area contributed by atoms with Crippen LogP contribution in [-0.2, 0) is 4.79 Å². The highest BCUT2D eigenvalue weighted by atomic mass is 16.4. The van der Waals surface area contributed by atoms with Crippen LogP contribution in [0.4, 0.5) is 4.79 Å². The Morgan fingerprint density at radius 1 is 1.14 bits per heavy atom. The summed E-state index contributed by atoms with van der Waals surface area (Å²) in [6.45, 7) is 13.3. The normalized spacial score (nSPS) is 20.0. The van der Waals surface area contributed by atoms with Crippen molar-refractivity contribution in [1.29, 1.82) is 0 Å². The summed E-state index contributed by atoms with van der Waals surface area (Å²) >= 11 is 0. The first kappa shape index (κ1) is 17.8. The zero-order valence-corrected chi connectivity index (χ0v) is 13.8. The summed E-state index contributed by atoms with van der Waals surface area (Å²) < 4.78 is 0. The minimum Gasteiger partial charge on any atom is -0.480 e. The Bertz CT molecular complexity index is 371. The van der Waals surface area contributed by atoms with Crippen molar-refractivity contribution in [3.8, 4) is 0 Å². The monoisotopic (exact) mass is 299 g/mol. The van der Waals surface area contributed by atoms with Crippen molar-refractivity contribution in [1.82, 2.24) is 15.1 Å². The fourth-order valence-corrected chi connectivity index (χ4v) is 2.13. The summed E-state index contributed by atoms with van der Waals surface area (Å²) in [4.78, 5) is 26.7. The van der Waals surface area contributed by atoms with Gasteiger partial charge in [-0.25, -0.2) is 4.79 Å². The lowest BCUT2D eigenvalue weighted by Crippen LogP contribution is -2.55. The predicted molar refractivity (Wildman–Crippen MR) is 82.3 cm³/mol. The summed E-state index contributed by atoms with van der Waals surface area (Å²) in [5.74, 6) is -0.415. The van der Waals surface area contributed by atoms with Gasteiger partial charge in [0.25, 0.3) is 0 Å². The number of carbonyl (C=O) groups is 2. The van der Waals surface area contributed by atoms with E-state index in [4.69, 9.17) is 5.11 Å². The van der Waals surface area contributed by atoms with Crippen LogP contribution < -0.4 is 5.32 Å². The van der Waals surface area contributed by atoms with Crippen molar-refractivity contribution < 1.29 is 14.7 Å². The molecule has 2 N–H and O–H groups in total. The van der Waals surface area contributed by atoms with Gasteiger partial charge in [-0.2, -0.15) is 0 Å². The van der Waals surface area contributed by atoms with Gasteiger partial charge in [0.1, 0.15) is 6.04 Å². The first-order valence-electron chi connectivity index (χ1n) is 7.62. The molecule has 2 unspecified atom stereocenters. The molecule has 0 aromatic heterocycles. The fraction of sp³-hybridized carbons (Fsp3) is 0.867. The lowest BCUT2D eigenvalue weighted by Gasteiger charge is -2.37. The SMILES string of the molecule is CC(C(=O)O)N1CCN(C(=O)NCC(C)C(C)(C)C)CC1. The number of nitrogens with zero attached hydrogens (tertiary/aromatic N) is 2. The van der Waals surface area contributed by atoms with Gasteiger partial charge in [0.2, 0.25) is 0 Å². The summed E-state index contributed by atoms with van der Waals surface area (Å²) in [7, 11) is 0. The number of urea groups is 1. The zero-order chi connectivity index (χ0) is 16.2. The van der Waals surface area contributed by atoms with Gasteiger partial charge >= 0.3 is 12.0 Å². The van der Waals surface area contributed by atoms with Crippen LogP contribution in [0.5, 0.6) is 0 Å². The van der Waals surface area contributed by atoms with E-state index in [0.717, 1.165) is 0 Å². The van der Waals surface area contributed by atoms with Crippen molar-refractivity contribution >= 4 is 12.0 Å². The zero-order valence-electron chi connectivity index (χ0n) is 13.8. The number of aliphatic carboxylic acids is 1. The molecule has 1 heterocycles. The largest absolute Gasteiger partial charge is 0.480 e. The molecule has 6 nitrogen and oxygen atoms in total. The standard InChI is InChI=1S/C15H29N3O3/c1-11(15(3,4)5)10-16-14(21)18-8-6-17(7-9-18)12(2)13(19)20/h11-12H,6-10H2,1-5H3,(H,16,21)(H,19,20). The number of rotatable bonds is 4. The van der Waals surface area contributed by atoms with Crippen molar-refractivity contribution in [2.24, 2.45) is 11.3 Å². The molecular formula is C15H29N3O3. The van der Waals surface area contributed by atoms with Gasteiger partial charge in [-0.3, -0.25) is 9.69 Å². The molecule has 0 bridgehead atoms. The molecule has 122 valence electrons. The lowest BCUT2D eigenvalue weighted by molar-refractivity contribution is -0.143. The number of piperazine rings is 1. The second kappa shape index (κ2) is 7.11. The van der Waals surface area contributed by atoms with Crippen molar-refractivity contribution in [2.45, 2.75) is 40.7 Å². The van der Waals surface area contributed by atoms with Gasteiger partial charge in [0.15, 0.2) is 0 Å². The van der Waals surface area contributed by atoms with Crippen LogP contribution in [0, 0.1) is 11.3 Å². The molecule has 0 saturated carbocycles. The molecule has 0 radical (unpaired) electrons. The van der Waals surface area contributed by atoms with Crippen LogP contribution in [0.2, 0.25) is 0 Å². The minimum atomic E-state index is -0.813. The van der Waals surface area contributed by atoms with Crippen LogP contribution >= 0.6 is 0 Å². The van der Waals surface area contributed by atoms with Crippen LogP contribution in [0.1, 0.15) is 34.6 Å². The van der Waals surface area contributed by atoms with E-state index >= 15 is 0 Å². The maximum atomic E-state index is 12.1. The number of carboxylic acid groups (broad SMARTS) is 1. The van der Waals surface area contributed by atoms with Crippen molar-refractivity contribution in [3.05, 3.63) is 0 Å². The fourth-order valence-electron chi connectivity index (χ4n) is 2.13. The molecule has 0 aliphatic carbocycles. The second-order valence-corrected chi connectivity index (χ2v) is 6.99. The second-order valence-electron chi connectivity index (χ2n) is 6.99. The predicted octanol–water partition coefficient (Wildman–Crippen LogP) is 1.47. The van der Waals surface area contributed by atoms with E-state index in [1.54, 1.807) is 11.8 Å². The van der Waals surface area contributed by atoms with E-state index < -0.39 is 12.0 Å². The number of amides is 2. The van der Waals surface area contributed by atoms with Gasteiger partial charge < -0.3 is 15.3 Å². The van der Waals surface area contributed by atoms with E-state index in [0.29, 0.717) is 38.6 Å². The van der Waals surface area contributed by atoms with Gasteiger partial charge in [-0.05, 0) is 18.3 Å². The molecular weight excluding hydrogens is 270 g/mol. The van der Waals surface area contributed by atoms with Crippen LogP contribution in [0.15, 0.2) is 0 Å². The molecule has 0 aromatic carbocycles. The molecule has 1 aliphatic heterocycles. The first-order chi connectivity index (χ1) is 9.62. The van der Waals surface area contributed by atoms with Gasteiger partial charge in [0, 0.05) is 32.7 Å². The number of hydrogen-bond donors (Lipinski definition) is 2. The number of carboxylic acids is 1. The van der Waals surface area contributed by atoms with Gasteiger partial charge in [-0.1, -0.05) is 27.7 Å². The minimum absolute atomic E-state index is 0.0475. The molecule has 1 saturated heterocycles. The van der Waals surface area contributed by atoms with E-state index in [-0.39, 0.29) is 11.4 Å². The average molecular weight is 299 g/mol. The van der Waals surface area contributed by atoms with Gasteiger partial charge in [0.05, 0.1) is 0 Å².